The molecule has 1 N–H and O–H groups in total. The Morgan fingerprint density at radius 1 is 1.40 bits per heavy atom. The van der Waals surface area contributed by atoms with Gasteiger partial charge >= 0.3 is 0 Å². The van der Waals surface area contributed by atoms with E-state index >= 15 is 0 Å². The third-order valence-corrected chi connectivity index (χ3v) is 4.06. The largest absolute Gasteiger partial charge is 0.338 e. The fourth-order valence-corrected chi connectivity index (χ4v) is 2.77. The SMILES string of the molecule is CCC1CC1N1CCC(NC2CC2)C1=O. The second-order valence-electron chi connectivity index (χ2n) is 5.29. The standard InChI is InChI=1S/C12H20N2O/c1-2-8-7-11(8)14-6-5-10(12(14)15)13-9-3-4-9/h8-11,13H,2-7H2,1H3. The zero-order valence-electron chi connectivity index (χ0n) is 9.41. The predicted molar refractivity (Wildman–Crippen MR) is 58.5 cm³/mol. The van der Waals surface area contributed by atoms with Gasteiger partial charge in [0, 0.05) is 18.6 Å². The van der Waals surface area contributed by atoms with Crippen LogP contribution in [-0.2, 0) is 4.79 Å². The maximum atomic E-state index is 12.1. The third kappa shape index (κ3) is 1.78. The van der Waals surface area contributed by atoms with Crippen LogP contribution in [0.2, 0.25) is 0 Å². The molecule has 3 aliphatic rings. The van der Waals surface area contributed by atoms with E-state index in [9.17, 15) is 4.79 Å². The zero-order chi connectivity index (χ0) is 10.4. The van der Waals surface area contributed by atoms with Crippen molar-refractivity contribution in [3.8, 4) is 0 Å². The van der Waals surface area contributed by atoms with E-state index in [1.165, 1.54) is 25.7 Å². The maximum absolute atomic E-state index is 12.1. The summed E-state index contributed by atoms with van der Waals surface area (Å²) in [5.74, 6) is 1.18. The van der Waals surface area contributed by atoms with Gasteiger partial charge in [0.2, 0.25) is 5.91 Å². The number of amides is 1. The third-order valence-electron chi connectivity index (χ3n) is 4.06. The molecule has 3 fully saturated rings. The Labute approximate surface area is 91.2 Å². The maximum Gasteiger partial charge on any atom is 0.240 e. The van der Waals surface area contributed by atoms with Gasteiger partial charge in [0.05, 0.1) is 6.04 Å². The van der Waals surface area contributed by atoms with E-state index in [-0.39, 0.29) is 6.04 Å². The lowest BCUT2D eigenvalue weighted by atomic mass is 10.2. The summed E-state index contributed by atoms with van der Waals surface area (Å²) in [4.78, 5) is 14.2. The molecule has 15 heavy (non-hydrogen) atoms. The van der Waals surface area contributed by atoms with Crippen LogP contribution >= 0.6 is 0 Å². The van der Waals surface area contributed by atoms with Gasteiger partial charge in [-0.15, -0.1) is 0 Å². The first-order chi connectivity index (χ1) is 7.29. The summed E-state index contributed by atoms with van der Waals surface area (Å²) in [6.07, 6.45) is 6.05. The molecule has 0 aromatic heterocycles. The van der Waals surface area contributed by atoms with Crippen molar-refractivity contribution in [2.75, 3.05) is 6.54 Å². The van der Waals surface area contributed by atoms with E-state index in [1.54, 1.807) is 0 Å². The average molecular weight is 208 g/mol. The van der Waals surface area contributed by atoms with E-state index in [0.29, 0.717) is 18.0 Å². The summed E-state index contributed by atoms with van der Waals surface area (Å²) >= 11 is 0. The van der Waals surface area contributed by atoms with Gasteiger partial charge in [0.25, 0.3) is 0 Å². The predicted octanol–water partition coefficient (Wildman–Crippen LogP) is 1.14. The molecule has 0 aromatic carbocycles. The Morgan fingerprint density at radius 2 is 2.20 bits per heavy atom. The van der Waals surface area contributed by atoms with Crippen LogP contribution in [0.1, 0.15) is 39.0 Å². The molecule has 0 aromatic rings. The van der Waals surface area contributed by atoms with Crippen molar-refractivity contribution >= 4 is 5.91 Å². The first kappa shape index (κ1) is 9.64. The molecule has 0 bridgehead atoms. The number of hydrogen-bond donors (Lipinski definition) is 1. The molecule has 3 nitrogen and oxygen atoms in total. The summed E-state index contributed by atoms with van der Waals surface area (Å²) in [6, 6.07) is 1.39. The number of carbonyl (C=O) groups is 1. The molecule has 3 unspecified atom stereocenters. The van der Waals surface area contributed by atoms with Crippen LogP contribution in [0.4, 0.5) is 0 Å². The molecule has 84 valence electrons. The highest BCUT2D eigenvalue weighted by Gasteiger charge is 2.47. The van der Waals surface area contributed by atoms with Crippen LogP contribution in [0.25, 0.3) is 0 Å². The van der Waals surface area contributed by atoms with Crippen molar-refractivity contribution in [3.63, 3.8) is 0 Å². The Kier molecular flexibility index (Phi) is 2.23. The van der Waals surface area contributed by atoms with Gasteiger partial charge in [0.15, 0.2) is 0 Å². The highest BCUT2D eigenvalue weighted by Crippen LogP contribution is 2.40. The minimum absolute atomic E-state index is 0.149. The van der Waals surface area contributed by atoms with E-state index in [1.807, 2.05) is 0 Å². The Hall–Kier alpha value is -0.570. The van der Waals surface area contributed by atoms with Gasteiger partial charge < -0.3 is 10.2 Å². The van der Waals surface area contributed by atoms with Crippen LogP contribution < -0.4 is 5.32 Å². The summed E-state index contributed by atoms with van der Waals surface area (Å²) in [6.45, 7) is 3.22. The minimum Gasteiger partial charge on any atom is -0.338 e. The zero-order valence-corrected chi connectivity index (χ0v) is 9.41. The lowest BCUT2D eigenvalue weighted by Crippen LogP contribution is -2.40. The van der Waals surface area contributed by atoms with Gasteiger partial charge in [0.1, 0.15) is 0 Å². The molecule has 1 aliphatic heterocycles. The van der Waals surface area contributed by atoms with Crippen molar-refractivity contribution in [3.05, 3.63) is 0 Å². The van der Waals surface area contributed by atoms with Crippen molar-refractivity contribution < 1.29 is 4.79 Å². The van der Waals surface area contributed by atoms with Crippen LogP contribution in [-0.4, -0.2) is 35.5 Å². The molecular weight excluding hydrogens is 188 g/mol. The molecule has 3 heteroatoms. The Bertz CT molecular complexity index is 275. The highest BCUT2D eigenvalue weighted by molar-refractivity contribution is 5.84. The average Bonchev–Trinajstić information content (AvgIpc) is 3.11. The van der Waals surface area contributed by atoms with E-state index in [4.69, 9.17) is 0 Å². The monoisotopic (exact) mass is 208 g/mol. The first-order valence-corrected chi connectivity index (χ1v) is 6.36. The molecule has 2 saturated carbocycles. The first-order valence-electron chi connectivity index (χ1n) is 6.36. The van der Waals surface area contributed by atoms with Gasteiger partial charge in [-0.2, -0.15) is 0 Å². The molecule has 1 heterocycles. The number of carbonyl (C=O) groups excluding carboxylic acids is 1. The molecule has 3 rings (SSSR count). The van der Waals surface area contributed by atoms with Gasteiger partial charge in [-0.25, -0.2) is 0 Å². The smallest absolute Gasteiger partial charge is 0.240 e. The fourth-order valence-electron chi connectivity index (χ4n) is 2.77. The summed E-state index contributed by atoms with van der Waals surface area (Å²) in [5.41, 5.74) is 0. The van der Waals surface area contributed by atoms with Crippen molar-refractivity contribution in [2.24, 2.45) is 5.92 Å². The number of likely N-dealkylation sites (tertiary alicyclic amines) is 1. The lowest BCUT2D eigenvalue weighted by Gasteiger charge is -2.17. The molecule has 1 saturated heterocycles. The molecule has 1 amide bonds. The molecular formula is C12H20N2O. The number of nitrogens with one attached hydrogen (secondary N) is 1. The normalized spacial score (nSPS) is 39.9. The second-order valence-corrected chi connectivity index (χ2v) is 5.29. The topological polar surface area (TPSA) is 32.3 Å². The van der Waals surface area contributed by atoms with Crippen LogP contribution in [0.15, 0.2) is 0 Å². The van der Waals surface area contributed by atoms with Crippen LogP contribution in [0.5, 0.6) is 0 Å². The fraction of sp³-hybridized carbons (Fsp3) is 0.917. The number of hydrogen-bond acceptors (Lipinski definition) is 2. The summed E-state index contributed by atoms with van der Waals surface area (Å²) in [5, 5.41) is 3.46. The van der Waals surface area contributed by atoms with Crippen molar-refractivity contribution in [1.29, 1.82) is 0 Å². The Morgan fingerprint density at radius 3 is 2.80 bits per heavy atom. The molecule has 0 spiro atoms. The minimum atomic E-state index is 0.149. The second kappa shape index (κ2) is 3.48. The Balaban J connectivity index is 1.56. The number of nitrogens with zero attached hydrogens (tertiary/aromatic N) is 1. The van der Waals surface area contributed by atoms with Crippen LogP contribution in [0.3, 0.4) is 0 Å². The van der Waals surface area contributed by atoms with Crippen LogP contribution in [0, 0.1) is 5.92 Å². The van der Waals surface area contributed by atoms with E-state index in [0.717, 1.165) is 18.9 Å². The van der Waals surface area contributed by atoms with Gasteiger partial charge in [-0.3, -0.25) is 4.79 Å². The van der Waals surface area contributed by atoms with Gasteiger partial charge in [-0.05, 0) is 31.6 Å². The summed E-state index contributed by atoms with van der Waals surface area (Å²) < 4.78 is 0. The summed E-state index contributed by atoms with van der Waals surface area (Å²) in [7, 11) is 0. The highest BCUT2D eigenvalue weighted by atomic mass is 16.2. The number of rotatable bonds is 4. The molecule has 2 aliphatic carbocycles. The van der Waals surface area contributed by atoms with Crippen molar-refractivity contribution in [2.45, 2.75) is 57.2 Å². The molecule has 0 radical (unpaired) electrons. The van der Waals surface area contributed by atoms with E-state index in [2.05, 4.69) is 17.1 Å². The van der Waals surface area contributed by atoms with Crippen molar-refractivity contribution in [1.82, 2.24) is 10.2 Å². The lowest BCUT2D eigenvalue weighted by molar-refractivity contribution is -0.130. The van der Waals surface area contributed by atoms with E-state index < -0.39 is 0 Å². The quantitative estimate of drug-likeness (QED) is 0.751. The molecule has 3 atom stereocenters. The van der Waals surface area contributed by atoms with Gasteiger partial charge in [-0.1, -0.05) is 13.3 Å².